The first kappa shape index (κ1) is 17.1. The molecule has 1 saturated heterocycles. The minimum atomic E-state index is -0.0134. The third kappa shape index (κ3) is 2.51. The van der Waals surface area contributed by atoms with E-state index in [9.17, 15) is 10.1 Å². The number of nitrogens with one attached hydrogen (secondary N) is 1. The van der Waals surface area contributed by atoms with Gasteiger partial charge in [0.1, 0.15) is 12.6 Å². The maximum Gasteiger partial charge on any atom is 0.240 e. The number of fused-ring (bicyclic) bond motifs is 2. The predicted molar refractivity (Wildman–Crippen MR) is 98.6 cm³/mol. The van der Waals surface area contributed by atoms with Crippen molar-refractivity contribution in [2.75, 3.05) is 20.7 Å². The van der Waals surface area contributed by atoms with E-state index in [-0.39, 0.29) is 30.6 Å². The zero-order valence-electron chi connectivity index (χ0n) is 15.4. The Balaban J connectivity index is 1.55. The molecule has 1 aromatic carbocycles. The molecule has 4 rings (SSSR count). The number of carbonyl (C=O) groups is 1. The van der Waals surface area contributed by atoms with Gasteiger partial charge >= 0.3 is 0 Å². The summed E-state index contributed by atoms with van der Waals surface area (Å²) in [7, 11) is 4.06. The van der Waals surface area contributed by atoms with Gasteiger partial charge in [0.25, 0.3) is 0 Å². The fraction of sp³-hybridized carbons (Fsp3) is 0.500. The van der Waals surface area contributed by atoms with Crippen LogP contribution in [-0.2, 0) is 16.1 Å². The number of hydrogen-bond donors (Lipinski definition) is 1. The number of hydrogen-bond acceptors (Lipinski definition) is 4. The van der Waals surface area contributed by atoms with Gasteiger partial charge in [0, 0.05) is 23.6 Å². The summed E-state index contributed by atoms with van der Waals surface area (Å²) in [5.74, 6) is 0.393. The number of para-hydroxylation sites is 1. The number of nitrogens with zero attached hydrogens (tertiary/aromatic N) is 3. The molecule has 1 saturated carbocycles. The second-order valence-corrected chi connectivity index (χ2v) is 7.51. The highest BCUT2D eigenvalue weighted by Crippen LogP contribution is 2.41. The number of likely N-dealkylation sites (N-methyl/N-ethyl adjacent to an activating group) is 1. The van der Waals surface area contributed by atoms with E-state index >= 15 is 0 Å². The molecule has 1 N–H and O–H groups in total. The van der Waals surface area contributed by atoms with E-state index in [1.54, 1.807) is 0 Å². The van der Waals surface area contributed by atoms with Crippen LogP contribution in [0.15, 0.2) is 24.3 Å². The van der Waals surface area contributed by atoms with Crippen molar-refractivity contribution in [1.29, 1.82) is 5.26 Å². The Kier molecular flexibility index (Phi) is 4.22. The van der Waals surface area contributed by atoms with Crippen molar-refractivity contribution in [2.24, 2.45) is 5.92 Å². The molecule has 1 aromatic heterocycles. The average Bonchev–Trinajstić information content (AvgIpc) is 3.12. The lowest BCUT2D eigenvalue weighted by Crippen LogP contribution is -2.69. The van der Waals surface area contributed by atoms with E-state index in [0.29, 0.717) is 11.5 Å². The van der Waals surface area contributed by atoms with Crippen LogP contribution in [0.4, 0.5) is 0 Å². The van der Waals surface area contributed by atoms with Crippen molar-refractivity contribution in [3.63, 3.8) is 0 Å². The maximum atomic E-state index is 12.8. The molecule has 1 aliphatic carbocycles. The lowest BCUT2D eigenvalue weighted by Gasteiger charge is -2.50. The number of aromatic nitrogens is 1. The lowest BCUT2D eigenvalue weighted by molar-refractivity contribution is -0.128. The summed E-state index contributed by atoms with van der Waals surface area (Å²) >= 11 is 0. The molecule has 136 valence electrons. The zero-order valence-corrected chi connectivity index (χ0v) is 15.4. The van der Waals surface area contributed by atoms with E-state index in [0.717, 1.165) is 29.6 Å². The second-order valence-electron chi connectivity index (χ2n) is 7.51. The average molecular weight is 352 g/mol. The predicted octanol–water partition coefficient (Wildman–Crippen LogP) is 1.66. The fourth-order valence-corrected chi connectivity index (χ4v) is 4.63. The summed E-state index contributed by atoms with van der Waals surface area (Å²) in [6.45, 7) is 2.90. The van der Waals surface area contributed by atoms with E-state index in [4.69, 9.17) is 4.74 Å². The van der Waals surface area contributed by atoms with Crippen LogP contribution in [0.25, 0.3) is 10.9 Å². The molecule has 2 aliphatic rings. The van der Waals surface area contributed by atoms with Crippen LogP contribution < -0.4 is 5.32 Å². The molecule has 1 aliphatic heterocycles. The lowest BCUT2D eigenvalue weighted by atomic mass is 9.71. The number of nitriles is 1. The van der Waals surface area contributed by atoms with E-state index in [1.165, 1.54) is 0 Å². The SMILES string of the molecule is Cc1c(C#N)c2ccccc2n1CC(=O)N[C@H]1[C@H]2CCO[C@H]2[C@@H]1N(C)C. The number of benzene rings is 1. The van der Waals surface area contributed by atoms with Crippen LogP contribution in [0.1, 0.15) is 17.7 Å². The van der Waals surface area contributed by atoms with Crippen molar-refractivity contribution in [1.82, 2.24) is 14.8 Å². The normalized spacial score (nSPS) is 27.2. The molecule has 6 heteroatoms. The van der Waals surface area contributed by atoms with Gasteiger partial charge in [0.2, 0.25) is 5.91 Å². The Labute approximate surface area is 153 Å². The maximum absolute atomic E-state index is 12.8. The van der Waals surface area contributed by atoms with Crippen molar-refractivity contribution in [3.05, 3.63) is 35.5 Å². The minimum Gasteiger partial charge on any atom is -0.376 e. The Bertz CT molecular complexity index is 895. The van der Waals surface area contributed by atoms with Gasteiger partial charge in [-0.2, -0.15) is 5.26 Å². The Morgan fingerprint density at radius 2 is 2.19 bits per heavy atom. The Morgan fingerprint density at radius 3 is 2.92 bits per heavy atom. The van der Waals surface area contributed by atoms with Gasteiger partial charge in [-0.25, -0.2) is 0 Å². The fourth-order valence-electron chi connectivity index (χ4n) is 4.63. The molecule has 2 fully saturated rings. The standard InChI is InChI=1S/C20H24N4O2/c1-12-15(10-21)13-6-4-5-7-16(13)24(12)11-17(25)22-18-14-8-9-26-20(14)19(18)23(2)3/h4-7,14,18-20H,8-9,11H2,1-3H3,(H,22,25)/t14-,18+,19-,20-/m1/s1. The van der Waals surface area contributed by atoms with Gasteiger partial charge in [-0.3, -0.25) is 4.79 Å². The molecular weight excluding hydrogens is 328 g/mol. The summed E-state index contributed by atoms with van der Waals surface area (Å²) in [6, 6.07) is 10.4. The summed E-state index contributed by atoms with van der Waals surface area (Å²) in [5, 5.41) is 13.6. The molecule has 4 atom stereocenters. The Morgan fingerprint density at radius 1 is 1.42 bits per heavy atom. The number of ether oxygens (including phenoxy) is 1. The molecule has 2 aromatic rings. The van der Waals surface area contributed by atoms with Gasteiger partial charge in [-0.15, -0.1) is 0 Å². The van der Waals surface area contributed by atoms with E-state index in [1.807, 2.05) is 49.9 Å². The zero-order chi connectivity index (χ0) is 18.4. The quantitative estimate of drug-likeness (QED) is 0.908. The Hall–Kier alpha value is -2.36. The van der Waals surface area contributed by atoms with Gasteiger partial charge in [-0.05, 0) is 33.5 Å². The van der Waals surface area contributed by atoms with Crippen molar-refractivity contribution in [2.45, 2.75) is 38.1 Å². The monoisotopic (exact) mass is 352 g/mol. The summed E-state index contributed by atoms with van der Waals surface area (Å²) < 4.78 is 7.76. The van der Waals surface area contributed by atoms with Crippen LogP contribution in [0.2, 0.25) is 0 Å². The van der Waals surface area contributed by atoms with E-state index in [2.05, 4.69) is 16.3 Å². The number of rotatable bonds is 4. The van der Waals surface area contributed by atoms with Crippen LogP contribution in [0.5, 0.6) is 0 Å². The third-order valence-corrected chi connectivity index (χ3v) is 5.92. The summed E-state index contributed by atoms with van der Waals surface area (Å²) in [6.07, 6.45) is 1.24. The van der Waals surface area contributed by atoms with E-state index < -0.39 is 0 Å². The summed E-state index contributed by atoms with van der Waals surface area (Å²) in [5.41, 5.74) is 2.41. The first-order valence-electron chi connectivity index (χ1n) is 9.08. The highest BCUT2D eigenvalue weighted by atomic mass is 16.5. The van der Waals surface area contributed by atoms with Crippen molar-refractivity contribution >= 4 is 16.8 Å². The molecule has 6 nitrogen and oxygen atoms in total. The van der Waals surface area contributed by atoms with Gasteiger partial charge in [0.05, 0.1) is 29.3 Å². The summed E-state index contributed by atoms with van der Waals surface area (Å²) in [4.78, 5) is 14.9. The molecular formula is C20H24N4O2. The highest BCUT2D eigenvalue weighted by molar-refractivity contribution is 5.89. The molecule has 0 spiro atoms. The molecule has 26 heavy (non-hydrogen) atoms. The van der Waals surface area contributed by atoms with Crippen LogP contribution >= 0.6 is 0 Å². The molecule has 2 heterocycles. The van der Waals surface area contributed by atoms with Crippen LogP contribution in [0, 0.1) is 24.2 Å². The number of carbonyl (C=O) groups excluding carboxylic acids is 1. The van der Waals surface area contributed by atoms with Gasteiger partial charge in [0.15, 0.2) is 0 Å². The van der Waals surface area contributed by atoms with Crippen LogP contribution in [0.3, 0.4) is 0 Å². The molecule has 0 radical (unpaired) electrons. The smallest absolute Gasteiger partial charge is 0.240 e. The molecule has 0 unspecified atom stereocenters. The van der Waals surface area contributed by atoms with Crippen molar-refractivity contribution in [3.8, 4) is 6.07 Å². The second kappa shape index (κ2) is 6.42. The minimum absolute atomic E-state index is 0.0134. The van der Waals surface area contributed by atoms with Crippen molar-refractivity contribution < 1.29 is 9.53 Å². The number of amides is 1. The van der Waals surface area contributed by atoms with Gasteiger partial charge < -0.3 is 19.5 Å². The molecule has 1 amide bonds. The first-order chi connectivity index (χ1) is 12.5. The largest absolute Gasteiger partial charge is 0.376 e. The first-order valence-corrected chi connectivity index (χ1v) is 9.08. The van der Waals surface area contributed by atoms with Gasteiger partial charge in [-0.1, -0.05) is 18.2 Å². The molecule has 0 bridgehead atoms. The topological polar surface area (TPSA) is 70.3 Å². The third-order valence-electron chi connectivity index (χ3n) is 5.92. The highest BCUT2D eigenvalue weighted by Gasteiger charge is 2.55. The van der Waals surface area contributed by atoms with Crippen LogP contribution in [-0.4, -0.2) is 54.3 Å².